The Morgan fingerprint density at radius 3 is 2.36 bits per heavy atom. The molecular weight excluding hydrogens is 431 g/mol. The Hall–Kier alpha value is -2.68. The molecule has 0 aliphatic carbocycles. The fourth-order valence-electron chi connectivity index (χ4n) is 4.02. The van der Waals surface area contributed by atoms with Crippen LogP contribution in [0.25, 0.3) is 0 Å². The van der Waals surface area contributed by atoms with Gasteiger partial charge in [0.25, 0.3) is 0 Å². The number of halogens is 1. The van der Waals surface area contributed by atoms with Crippen LogP contribution in [0.3, 0.4) is 0 Å². The number of rotatable bonds is 8. The van der Waals surface area contributed by atoms with E-state index in [0.717, 1.165) is 6.42 Å². The second-order valence-electron chi connectivity index (χ2n) is 9.29. The van der Waals surface area contributed by atoms with Crippen molar-refractivity contribution in [1.29, 1.82) is 0 Å². The number of nitrogens with one attached hydrogen (secondary N) is 1. The van der Waals surface area contributed by atoms with Crippen molar-refractivity contribution in [2.45, 2.75) is 70.7 Å². The largest absolute Gasteiger partial charge is 0.467 e. The third kappa shape index (κ3) is 7.42. The number of esters is 1. The fourth-order valence-corrected chi connectivity index (χ4v) is 4.02. The van der Waals surface area contributed by atoms with Gasteiger partial charge in [-0.05, 0) is 51.3 Å². The van der Waals surface area contributed by atoms with Crippen molar-refractivity contribution in [1.82, 2.24) is 10.2 Å². The first-order valence-corrected chi connectivity index (χ1v) is 11.1. The van der Waals surface area contributed by atoms with Crippen LogP contribution in [0.2, 0.25) is 0 Å². The first-order valence-electron chi connectivity index (χ1n) is 11.1. The van der Waals surface area contributed by atoms with E-state index in [1.807, 2.05) is 0 Å². The van der Waals surface area contributed by atoms with Gasteiger partial charge in [-0.15, -0.1) is 0 Å². The van der Waals surface area contributed by atoms with Gasteiger partial charge in [0.15, 0.2) is 0 Å². The van der Waals surface area contributed by atoms with Gasteiger partial charge in [-0.1, -0.05) is 19.1 Å². The van der Waals surface area contributed by atoms with Crippen molar-refractivity contribution in [3.05, 3.63) is 35.6 Å². The number of amides is 2. The molecule has 4 atom stereocenters. The molecule has 9 heteroatoms. The molecule has 1 N–H and O–H groups in total. The van der Waals surface area contributed by atoms with Crippen molar-refractivity contribution in [2.24, 2.45) is 5.92 Å². The van der Waals surface area contributed by atoms with Crippen LogP contribution in [0.15, 0.2) is 24.3 Å². The molecule has 1 aliphatic heterocycles. The molecule has 33 heavy (non-hydrogen) atoms. The first-order chi connectivity index (χ1) is 15.5. The highest BCUT2D eigenvalue weighted by molar-refractivity contribution is 5.86. The Kier molecular flexibility index (Phi) is 9.22. The molecule has 0 aromatic heterocycles. The zero-order valence-corrected chi connectivity index (χ0v) is 20.2. The molecule has 8 nitrogen and oxygen atoms in total. The Balaban J connectivity index is 2.12. The molecule has 0 saturated carbocycles. The van der Waals surface area contributed by atoms with Gasteiger partial charge < -0.3 is 24.4 Å². The van der Waals surface area contributed by atoms with E-state index >= 15 is 0 Å². The Morgan fingerprint density at radius 2 is 1.82 bits per heavy atom. The zero-order valence-electron chi connectivity index (χ0n) is 20.2. The number of nitrogens with zero attached hydrogens (tertiary/aromatic N) is 1. The fraction of sp³-hybridized carbons (Fsp3) is 0.625. The van der Waals surface area contributed by atoms with Crippen LogP contribution in [0.1, 0.15) is 46.1 Å². The molecule has 1 unspecified atom stereocenters. The minimum atomic E-state index is -0.946. The summed E-state index contributed by atoms with van der Waals surface area (Å²) in [5.41, 5.74) is 0.0408. The number of carbonyl (C=O) groups is 3. The van der Waals surface area contributed by atoms with Gasteiger partial charge in [0.2, 0.25) is 5.91 Å². The summed E-state index contributed by atoms with van der Waals surface area (Å²) in [6, 6.07) is 4.41. The van der Waals surface area contributed by atoms with Crippen LogP contribution in [0.4, 0.5) is 9.18 Å². The zero-order chi connectivity index (χ0) is 24.8. The summed E-state index contributed by atoms with van der Waals surface area (Å²) in [7, 11) is 2.74. The molecule has 0 radical (unpaired) electrons. The quantitative estimate of drug-likeness (QED) is 0.592. The van der Waals surface area contributed by atoms with Crippen LogP contribution < -0.4 is 5.32 Å². The molecule has 2 amide bonds. The lowest BCUT2D eigenvalue weighted by Crippen LogP contribution is -2.53. The Morgan fingerprint density at radius 1 is 1.18 bits per heavy atom. The van der Waals surface area contributed by atoms with Gasteiger partial charge in [0, 0.05) is 20.1 Å². The van der Waals surface area contributed by atoms with Crippen molar-refractivity contribution in [2.75, 3.05) is 20.8 Å². The Labute approximate surface area is 194 Å². The lowest BCUT2D eigenvalue weighted by Gasteiger charge is -2.35. The number of likely N-dealkylation sites (tertiary alicyclic amines) is 1. The molecule has 0 spiro atoms. The Bertz CT molecular complexity index is 823. The number of benzene rings is 1. The van der Waals surface area contributed by atoms with Crippen molar-refractivity contribution in [3.63, 3.8) is 0 Å². The van der Waals surface area contributed by atoms with Crippen LogP contribution in [0.5, 0.6) is 0 Å². The summed E-state index contributed by atoms with van der Waals surface area (Å²) >= 11 is 0. The van der Waals surface area contributed by atoms with E-state index in [-0.39, 0.29) is 18.3 Å². The van der Waals surface area contributed by atoms with Gasteiger partial charge in [0.1, 0.15) is 17.5 Å². The topological polar surface area (TPSA) is 94.2 Å². The van der Waals surface area contributed by atoms with Gasteiger partial charge in [-0.25, -0.2) is 14.0 Å². The van der Waals surface area contributed by atoms with Gasteiger partial charge in [0.05, 0.1) is 25.2 Å². The van der Waals surface area contributed by atoms with Crippen LogP contribution >= 0.6 is 0 Å². The third-order valence-corrected chi connectivity index (χ3v) is 5.64. The minimum absolute atomic E-state index is 0.149. The number of ether oxygens (including phenoxy) is 3. The summed E-state index contributed by atoms with van der Waals surface area (Å²) in [5, 5.41) is 2.73. The van der Waals surface area contributed by atoms with E-state index in [0.29, 0.717) is 18.5 Å². The molecule has 2 rings (SSSR count). The van der Waals surface area contributed by atoms with E-state index in [1.54, 1.807) is 44.7 Å². The number of methoxy groups -OCH3 is 2. The molecule has 1 aromatic carbocycles. The highest BCUT2D eigenvalue weighted by atomic mass is 19.1. The van der Waals surface area contributed by atoms with E-state index in [1.165, 1.54) is 26.4 Å². The maximum atomic E-state index is 13.2. The van der Waals surface area contributed by atoms with E-state index in [2.05, 4.69) is 5.32 Å². The highest BCUT2D eigenvalue weighted by Gasteiger charge is 2.41. The summed E-state index contributed by atoms with van der Waals surface area (Å²) in [5.74, 6) is -2.07. The minimum Gasteiger partial charge on any atom is -0.467 e. The molecule has 1 saturated heterocycles. The van der Waals surface area contributed by atoms with Gasteiger partial charge >= 0.3 is 12.1 Å². The average Bonchev–Trinajstić information content (AvgIpc) is 3.23. The van der Waals surface area contributed by atoms with E-state index in [4.69, 9.17) is 14.2 Å². The van der Waals surface area contributed by atoms with Gasteiger partial charge in [-0.2, -0.15) is 0 Å². The van der Waals surface area contributed by atoms with Gasteiger partial charge in [-0.3, -0.25) is 4.79 Å². The van der Waals surface area contributed by atoms with Crippen molar-refractivity contribution < 1.29 is 33.0 Å². The summed E-state index contributed by atoms with van der Waals surface area (Å²) in [6.07, 6.45) is 0.558. The van der Waals surface area contributed by atoms with Crippen LogP contribution in [-0.4, -0.2) is 67.4 Å². The molecular formula is C24H35FN2O6. The summed E-state index contributed by atoms with van der Waals surface area (Å²) < 4.78 is 29.2. The lowest BCUT2D eigenvalue weighted by molar-refractivity contribution is -0.146. The van der Waals surface area contributed by atoms with Crippen molar-refractivity contribution >= 4 is 18.0 Å². The number of hydrogen-bond donors (Lipinski definition) is 1. The first kappa shape index (κ1) is 26.6. The molecule has 1 aromatic rings. The molecule has 1 fully saturated rings. The molecule has 1 aliphatic rings. The summed E-state index contributed by atoms with van der Waals surface area (Å²) in [4.78, 5) is 39.7. The molecule has 184 valence electrons. The van der Waals surface area contributed by atoms with Crippen molar-refractivity contribution in [3.8, 4) is 0 Å². The highest BCUT2D eigenvalue weighted by Crippen LogP contribution is 2.28. The monoisotopic (exact) mass is 466 g/mol. The average molecular weight is 467 g/mol. The van der Waals surface area contributed by atoms with E-state index in [9.17, 15) is 18.8 Å². The second kappa shape index (κ2) is 11.4. The van der Waals surface area contributed by atoms with Crippen LogP contribution in [-0.2, 0) is 30.2 Å². The normalized spacial score (nSPS) is 18.9. The predicted molar refractivity (Wildman–Crippen MR) is 120 cm³/mol. The predicted octanol–water partition coefficient (Wildman–Crippen LogP) is 3.08. The second-order valence-corrected chi connectivity index (χ2v) is 9.29. The standard InChI is InChI=1S/C24H35FN2O6/c1-15(20(31-5)19-8-7-13-27(19)23(30)33-24(2,3)4)21(28)26-18(22(29)32-6)14-16-9-11-17(25)12-10-16/h9-12,15,18-20H,7-8,13-14H2,1-6H3,(H,26,28)/t15-,18+,19?,20-/m1/s1. The smallest absolute Gasteiger partial charge is 0.410 e. The maximum absolute atomic E-state index is 13.2. The van der Waals surface area contributed by atoms with E-state index < -0.39 is 41.6 Å². The number of carbonyl (C=O) groups excluding carboxylic acids is 3. The lowest BCUT2D eigenvalue weighted by atomic mass is 9.94. The third-order valence-electron chi connectivity index (χ3n) is 5.64. The summed E-state index contributed by atoms with van der Waals surface area (Å²) in [6.45, 7) is 7.61. The number of hydrogen-bond acceptors (Lipinski definition) is 6. The molecule has 0 bridgehead atoms. The SMILES string of the molecule is COC(=O)[C@H](Cc1ccc(F)cc1)NC(=O)[C@H](C)[C@@H](OC)C1CCCN1C(=O)OC(C)(C)C. The van der Waals surface area contributed by atoms with Crippen LogP contribution in [0, 0.1) is 11.7 Å². The molecule has 1 heterocycles. The maximum Gasteiger partial charge on any atom is 0.410 e.